The average molecular weight is 457 g/mol. The molecule has 0 aliphatic carbocycles. The first kappa shape index (κ1) is 25.8. The highest BCUT2D eigenvalue weighted by molar-refractivity contribution is 7.99. The van der Waals surface area contributed by atoms with Gasteiger partial charge in [0.05, 0.1) is 12.9 Å². The Morgan fingerprint density at radius 3 is 2.47 bits per heavy atom. The van der Waals surface area contributed by atoms with Crippen LogP contribution in [0, 0.1) is 6.92 Å². The van der Waals surface area contributed by atoms with Crippen molar-refractivity contribution in [2.24, 2.45) is 0 Å². The summed E-state index contributed by atoms with van der Waals surface area (Å²) in [6.07, 6.45) is 0.542. The highest BCUT2D eigenvalue weighted by atomic mass is 32.2. The van der Waals surface area contributed by atoms with Gasteiger partial charge in [0.25, 0.3) is 0 Å². The number of rotatable bonds is 10. The minimum atomic E-state index is -0.535. The van der Waals surface area contributed by atoms with E-state index in [-0.39, 0.29) is 17.4 Å². The molecule has 32 heavy (non-hydrogen) atoms. The predicted octanol–water partition coefficient (Wildman–Crippen LogP) is 4.96. The molecule has 0 unspecified atom stereocenters. The molecule has 0 fully saturated rings. The van der Waals surface area contributed by atoms with E-state index in [0.717, 1.165) is 17.1 Å². The van der Waals surface area contributed by atoms with Crippen molar-refractivity contribution in [3.05, 3.63) is 65.2 Å². The van der Waals surface area contributed by atoms with Crippen LogP contribution in [0.25, 0.3) is 0 Å². The number of nitrogens with one attached hydrogen (secondary N) is 1. The molecule has 5 nitrogen and oxygen atoms in total. The van der Waals surface area contributed by atoms with Crippen LogP contribution in [0.4, 0.5) is 0 Å². The molecule has 2 aromatic carbocycles. The predicted molar refractivity (Wildman–Crippen MR) is 133 cm³/mol. The minimum absolute atomic E-state index is 0.0395. The lowest BCUT2D eigenvalue weighted by atomic mass is 10.1. The van der Waals surface area contributed by atoms with Gasteiger partial charge in [-0.05, 0) is 62.9 Å². The smallest absolute Gasteiger partial charge is 0.243 e. The summed E-state index contributed by atoms with van der Waals surface area (Å²) in [6.45, 7) is 10.2. The molecule has 0 aromatic heterocycles. The second kappa shape index (κ2) is 12.0. The topological polar surface area (TPSA) is 58.6 Å². The van der Waals surface area contributed by atoms with Crippen LogP contribution in [0.1, 0.15) is 50.8 Å². The second-order valence-electron chi connectivity index (χ2n) is 8.96. The number of carbonyl (C=O) groups excluding carboxylic acids is 2. The Hall–Kier alpha value is -2.47. The molecule has 2 rings (SSSR count). The van der Waals surface area contributed by atoms with E-state index < -0.39 is 6.04 Å². The van der Waals surface area contributed by atoms with Crippen LogP contribution in [-0.2, 0) is 21.9 Å². The van der Waals surface area contributed by atoms with Gasteiger partial charge >= 0.3 is 0 Å². The standard InChI is InChI=1S/C26H36N2O3S/c1-7-23(25(30)27-26(3,4)5)28(16-20-12-10-14-22(15-20)31-6)24(29)18-32-17-21-13-9-8-11-19(21)2/h8-15,23H,7,16-18H2,1-6H3,(H,27,30)/t23-/m1/s1. The summed E-state index contributed by atoms with van der Waals surface area (Å²) in [6, 6.07) is 15.3. The van der Waals surface area contributed by atoms with Crippen LogP contribution < -0.4 is 10.1 Å². The molecule has 0 aliphatic heterocycles. The zero-order valence-electron chi connectivity index (χ0n) is 20.1. The Labute approximate surface area is 196 Å². The molecule has 0 aliphatic rings. The van der Waals surface area contributed by atoms with Crippen LogP contribution >= 0.6 is 11.8 Å². The SMILES string of the molecule is CC[C@H](C(=O)NC(C)(C)C)N(Cc1cccc(OC)c1)C(=O)CSCc1ccccc1C. The van der Waals surface area contributed by atoms with Gasteiger partial charge in [-0.2, -0.15) is 0 Å². The number of aryl methyl sites for hydroxylation is 1. The van der Waals surface area contributed by atoms with Gasteiger partial charge in [-0.1, -0.05) is 43.3 Å². The third kappa shape index (κ3) is 7.90. The lowest BCUT2D eigenvalue weighted by Gasteiger charge is -2.33. The van der Waals surface area contributed by atoms with E-state index in [1.807, 2.05) is 64.1 Å². The fourth-order valence-corrected chi connectivity index (χ4v) is 4.43. The zero-order valence-corrected chi connectivity index (χ0v) is 20.9. The van der Waals surface area contributed by atoms with E-state index in [1.54, 1.807) is 23.8 Å². The summed E-state index contributed by atoms with van der Waals surface area (Å²) < 4.78 is 5.34. The van der Waals surface area contributed by atoms with Crippen LogP contribution in [0.2, 0.25) is 0 Å². The van der Waals surface area contributed by atoms with E-state index >= 15 is 0 Å². The fourth-order valence-electron chi connectivity index (χ4n) is 3.44. The maximum absolute atomic E-state index is 13.3. The highest BCUT2D eigenvalue weighted by Gasteiger charge is 2.30. The third-order valence-corrected chi connectivity index (χ3v) is 6.08. The Bertz CT molecular complexity index is 908. The van der Waals surface area contributed by atoms with Crippen molar-refractivity contribution < 1.29 is 14.3 Å². The molecular formula is C26H36N2O3S. The van der Waals surface area contributed by atoms with Gasteiger partial charge in [0.15, 0.2) is 0 Å². The molecule has 1 N–H and O–H groups in total. The van der Waals surface area contributed by atoms with Crippen LogP contribution in [-0.4, -0.2) is 41.2 Å². The summed E-state index contributed by atoms with van der Waals surface area (Å²) >= 11 is 1.58. The molecule has 0 radical (unpaired) electrons. The van der Waals surface area contributed by atoms with E-state index in [9.17, 15) is 9.59 Å². The van der Waals surface area contributed by atoms with Crippen LogP contribution in [0.3, 0.4) is 0 Å². The first-order valence-corrected chi connectivity index (χ1v) is 12.2. The average Bonchev–Trinajstić information content (AvgIpc) is 2.73. The molecule has 1 atom stereocenters. The van der Waals surface area contributed by atoms with Crippen LogP contribution in [0.5, 0.6) is 5.75 Å². The number of carbonyl (C=O) groups is 2. The van der Waals surface area contributed by atoms with Crippen molar-refractivity contribution in [3.8, 4) is 5.75 Å². The molecule has 2 aromatic rings. The lowest BCUT2D eigenvalue weighted by Crippen LogP contribution is -2.53. The Balaban J connectivity index is 2.19. The number of methoxy groups -OCH3 is 1. The second-order valence-corrected chi connectivity index (χ2v) is 9.94. The molecule has 0 heterocycles. The van der Waals surface area contributed by atoms with Crippen molar-refractivity contribution in [2.45, 2.75) is 64.9 Å². The van der Waals surface area contributed by atoms with E-state index in [1.165, 1.54) is 11.1 Å². The number of benzene rings is 2. The Morgan fingerprint density at radius 2 is 1.84 bits per heavy atom. The summed E-state index contributed by atoms with van der Waals surface area (Å²) in [7, 11) is 1.62. The fraction of sp³-hybridized carbons (Fsp3) is 0.462. The lowest BCUT2D eigenvalue weighted by molar-refractivity contribution is -0.140. The van der Waals surface area contributed by atoms with E-state index in [0.29, 0.717) is 18.7 Å². The first-order valence-electron chi connectivity index (χ1n) is 11.0. The summed E-state index contributed by atoms with van der Waals surface area (Å²) in [5, 5.41) is 3.04. The summed E-state index contributed by atoms with van der Waals surface area (Å²) in [5.74, 6) is 1.65. The Morgan fingerprint density at radius 1 is 1.12 bits per heavy atom. The van der Waals surface area contributed by atoms with Gasteiger partial charge in [-0.15, -0.1) is 11.8 Å². The number of hydrogen-bond acceptors (Lipinski definition) is 4. The van der Waals surface area contributed by atoms with Gasteiger partial charge in [0.2, 0.25) is 11.8 Å². The largest absolute Gasteiger partial charge is 0.497 e. The highest BCUT2D eigenvalue weighted by Crippen LogP contribution is 2.21. The number of amides is 2. The van der Waals surface area contributed by atoms with Crippen molar-refractivity contribution in [3.63, 3.8) is 0 Å². The molecule has 0 saturated heterocycles. The molecule has 2 amide bonds. The molecule has 174 valence electrons. The maximum Gasteiger partial charge on any atom is 0.243 e. The summed E-state index contributed by atoms with van der Waals surface area (Å²) in [5.41, 5.74) is 3.01. The number of nitrogens with zero attached hydrogens (tertiary/aromatic N) is 1. The van der Waals surface area contributed by atoms with Crippen molar-refractivity contribution in [1.82, 2.24) is 10.2 Å². The maximum atomic E-state index is 13.3. The van der Waals surface area contributed by atoms with Crippen molar-refractivity contribution >= 4 is 23.6 Å². The molecular weight excluding hydrogens is 420 g/mol. The number of hydrogen-bond donors (Lipinski definition) is 1. The minimum Gasteiger partial charge on any atom is -0.497 e. The summed E-state index contributed by atoms with van der Waals surface area (Å²) in [4.78, 5) is 28.1. The first-order chi connectivity index (χ1) is 15.1. The molecule has 6 heteroatoms. The van der Waals surface area contributed by atoms with Crippen LogP contribution in [0.15, 0.2) is 48.5 Å². The number of thioether (sulfide) groups is 1. The van der Waals surface area contributed by atoms with E-state index in [4.69, 9.17) is 4.74 Å². The third-order valence-electron chi connectivity index (χ3n) is 5.12. The molecule has 0 bridgehead atoms. The normalized spacial score (nSPS) is 12.2. The zero-order chi connectivity index (χ0) is 23.7. The molecule has 0 saturated carbocycles. The number of ether oxygens (including phenoxy) is 1. The monoisotopic (exact) mass is 456 g/mol. The Kier molecular flexibility index (Phi) is 9.63. The van der Waals surface area contributed by atoms with Gasteiger partial charge < -0.3 is 15.0 Å². The van der Waals surface area contributed by atoms with Crippen molar-refractivity contribution in [2.75, 3.05) is 12.9 Å². The quantitative estimate of drug-likeness (QED) is 0.549. The van der Waals surface area contributed by atoms with Gasteiger partial charge in [0, 0.05) is 17.8 Å². The molecule has 0 spiro atoms. The van der Waals surface area contributed by atoms with E-state index in [2.05, 4.69) is 24.4 Å². The van der Waals surface area contributed by atoms with Crippen molar-refractivity contribution in [1.29, 1.82) is 0 Å². The van der Waals surface area contributed by atoms with Gasteiger partial charge in [-0.25, -0.2) is 0 Å². The van der Waals surface area contributed by atoms with Gasteiger partial charge in [0.1, 0.15) is 11.8 Å². The van der Waals surface area contributed by atoms with Gasteiger partial charge in [-0.3, -0.25) is 9.59 Å².